The zero-order valence-corrected chi connectivity index (χ0v) is 17.7. The Kier molecular flexibility index (Phi) is 6.11. The summed E-state index contributed by atoms with van der Waals surface area (Å²) in [5, 5.41) is 6.03. The van der Waals surface area contributed by atoms with Crippen molar-refractivity contribution in [3.63, 3.8) is 0 Å². The molecule has 0 aromatic heterocycles. The van der Waals surface area contributed by atoms with E-state index >= 15 is 0 Å². The fourth-order valence-electron chi connectivity index (χ4n) is 6.30. The highest BCUT2D eigenvalue weighted by molar-refractivity contribution is 5.87. The fourth-order valence-corrected chi connectivity index (χ4v) is 6.30. The third kappa shape index (κ3) is 4.85. The zero-order valence-electron chi connectivity index (χ0n) is 17.7. The largest absolute Gasteiger partial charge is 0.467 e. The lowest BCUT2D eigenvalue weighted by molar-refractivity contribution is -0.145. The fraction of sp³-hybridized carbons (Fsp3) is 0.625. The normalized spacial score (nSPS) is 29.8. The number of nitrogens with one attached hydrogen (secondary N) is 2. The Morgan fingerprint density at radius 1 is 0.967 bits per heavy atom. The minimum atomic E-state index is -0.754. The molecule has 5 rings (SSSR count). The van der Waals surface area contributed by atoms with Crippen molar-refractivity contribution in [2.45, 2.75) is 69.4 Å². The van der Waals surface area contributed by atoms with Crippen molar-refractivity contribution < 1.29 is 19.1 Å². The first-order valence-electron chi connectivity index (χ1n) is 11.2. The van der Waals surface area contributed by atoms with Crippen LogP contribution in [0, 0.1) is 17.8 Å². The number of amides is 2. The Balaban J connectivity index is 1.27. The van der Waals surface area contributed by atoms with E-state index in [9.17, 15) is 14.4 Å². The van der Waals surface area contributed by atoms with Crippen LogP contribution < -0.4 is 10.6 Å². The second-order valence-electron chi connectivity index (χ2n) is 9.58. The maximum Gasteiger partial charge on any atom is 0.328 e. The van der Waals surface area contributed by atoms with Crippen molar-refractivity contribution in [2.24, 2.45) is 17.8 Å². The van der Waals surface area contributed by atoms with Gasteiger partial charge in [-0.15, -0.1) is 0 Å². The van der Waals surface area contributed by atoms with Crippen molar-refractivity contribution in [3.8, 4) is 0 Å². The molecule has 0 radical (unpaired) electrons. The highest BCUT2D eigenvalue weighted by Gasteiger charge is 2.51. The number of esters is 1. The molecule has 0 spiro atoms. The topological polar surface area (TPSA) is 84.5 Å². The molecule has 162 valence electrons. The predicted molar refractivity (Wildman–Crippen MR) is 112 cm³/mol. The van der Waals surface area contributed by atoms with Crippen LogP contribution in [0.5, 0.6) is 0 Å². The van der Waals surface area contributed by atoms with Crippen molar-refractivity contribution in [2.75, 3.05) is 7.11 Å². The van der Waals surface area contributed by atoms with E-state index in [4.69, 9.17) is 4.74 Å². The summed E-state index contributed by atoms with van der Waals surface area (Å²) in [5.74, 6) is 1.45. The molecule has 0 aliphatic heterocycles. The van der Waals surface area contributed by atoms with Gasteiger partial charge in [-0.05, 0) is 61.8 Å². The molecule has 2 amide bonds. The Morgan fingerprint density at radius 2 is 1.53 bits per heavy atom. The number of ether oxygens (including phenoxy) is 1. The maximum absolute atomic E-state index is 12.6. The first kappa shape index (κ1) is 20.9. The van der Waals surface area contributed by atoms with E-state index in [0.717, 1.165) is 42.6 Å². The molecule has 4 saturated carbocycles. The minimum absolute atomic E-state index is 0.0375. The Bertz CT molecular complexity index is 756. The second kappa shape index (κ2) is 8.78. The van der Waals surface area contributed by atoms with Crippen LogP contribution in [-0.4, -0.2) is 36.5 Å². The van der Waals surface area contributed by atoms with Crippen molar-refractivity contribution in [1.29, 1.82) is 0 Å². The number of benzene rings is 1. The number of hydrogen-bond acceptors (Lipinski definition) is 4. The minimum Gasteiger partial charge on any atom is -0.467 e. The van der Waals surface area contributed by atoms with Gasteiger partial charge in [0.2, 0.25) is 11.8 Å². The first-order valence-corrected chi connectivity index (χ1v) is 11.2. The average molecular weight is 413 g/mol. The molecule has 1 aromatic carbocycles. The summed E-state index contributed by atoms with van der Waals surface area (Å²) in [6, 6.07) is 8.73. The van der Waals surface area contributed by atoms with Gasteiger partial charge in [-0.1, -0.05) is 30.3 Å². The van der Waals surface area contributed by atoms with Gasteiger partial charge in [0.25, 0.3) is 0 Å². The standard InChI is InChI=1S/C24H32N2O4/c1-30-23(29)20(12-16-5-3-2-4-6-16)25-21(27)7-8-22(28)26-24-13-17-9-18(14-24)11-19(10-17)15-24/h2-6,17-20H,7-15H2,1H3,(H,25,27)(H,26,28). The van der Waals surface area contributed by atoms with Crippen molar-refractivity contribution in [3.05, 3.63) is 35.9 Å². The van der Waals surface area contributed by atoms with Crippen molar-refractivity contribution in [1.82, 2.24) is 10.6 Å². The molecule has 6 heteroatoms. The Labute approximate surface area is 178 Å². The van der Waals surface area contributed by atoms with E-state index in [0.29, 0.717) is 6.42 Å². The van der Waals surface area contributed by atoms with Crippen LogP contribution in [-0.2, 0) is 25.5 Å². The van der Waals surface area contributed by atoms with Crippen LogP contribution in [0.3, 0.4) is 0 Å². The van der Waals surface area contributed by atoms with Crippen LogP contribution in [0.1, 0.15) is 56.9 Å². The molecule has 2 N–H and O–H groups in total. The van der Waals surface area contributed by atoms with Gasteiger partial charge in [-0.2, -0.15) is 0 Å². The van der Waals surface area contributed by atoms with E-state index in [1.807, 2.05) is 30.3 Å². The van der Waals surface area contributed by atoms with Crippen molar-refractivity contribution >= 4 is 17.8 Å². The highest BCUT2D eigenvalue weighted by Crippen LogP contribution is 2.55. The quantitative estimate of drug-likeness (QED) is 0.643. The van der Waals surface area contributed by atoms with Crippen LogP contribution in [0.15, 0.2) is 30.3 Å². The number of rotatable bonds is 8. The van der Waals surface area contributed by atoms with Gasteiger partial charge in [-0.25, -0.2) is 4.79 Å². The van der Waals surface area contributed by atoms with Gasteiger partial charge in [0.05, 0.1) is 7.11 Å². The second-order valence-corrected chi connectivity index (χ2v) is 9.58. The van der Waals surface area contributed by atoms with E-state index < -0.39 is 12.0 Å². The summed E-state index contributed by atoms with van der Waals surface area (Å²) < 4.78 is 4.84. The van der Waals surface area contributed by atoms with Gasteiger partial charge in [0, 0.05) is 24.8 Å². The van der Waals surface area contributed by atoms with Crippen LogP contribution >= 0.6 is 0 Å². The summed E-state index contributed by atoms with van der Waals surface area (Å²) in [5.41, 5.74) is 0.900. The number of methoxy groups -OCH3 is 1. The average Bonchev–Trinajstić information content (AvgIpc) is 2.70. The molecule has 0 saturated heterocycles. The molecule has 1 aromatic rings. The van der Waals surface area contributed by atoms with Gasteiger partial charge in [0.15, 0.2) is 0 Å². The molecule has 4 fully saturated rings. The van der Waals surface area contributed by atoms with Gasteiger partial charge in [0.1, 0.15) is 6.04 Å². The molecule has 0 heterocycles. The predicted octanol–water partition coefficient (Wildman–Crippen LogP) is 2.75. The lowest BCUT2D eigenvalue weighted by atomic mass is 9.53. The monoisotopic (exact) mass is 412 g/mol. The Hall–Kier alpha value is -2.37. The van der Waals surface area contributed by atoms with E-state index in [1.165, 1.54) is 26.4 Å². The summed E-state index contributed by atoms with van der Waals surface area (Å²) in [6.07, 6.45) is 7.84. The molecule has 30 heavy (non-hydrogen) atoms. The molecule has 1 atom stereocenters. The molecule has 6 nitrogen and oxygen atoms in total. The Morgan fingerprint density at radius 3 is 2.10 bits per heavy atom. The third-order valence-corrected chi connectivity index (χ3v) is 7.13. The number of hydrogen-bond donors (Lipinski definition) is 2. The molecule has 4 aliphatic rings. The number of carbonyl (C=O) groups excluding carboxylic acids is 3. The van der Waals surface area contributed by atoms with Gasteiger partial charge in [-0.3, -0.25) is 9.59 Å². The van der Waals surface area contributed by atoms with Crippen LogP contribution in [0.4, 0.5) is 0 Å². The van der Waals surface area contributed by atoms with Crippen LogP contribution in [0.25, 0.3) is 0 Å². The lowest BCUT2D eigenvalue weighted by Gasteiger charge is -2.56. The van der Waals surface area contributed by atoms with E-state index in [1.54, 1.807) is 0 Å². The highest BCUT2D eigenvalue weighted by atomic mass is 16.5. The third-order valence-electron chi connectivity index (χ3n) is 7.13. The summed E-state index contributed by atoms with van der Waals surface area (Å²) in [6.45, 7) is 0. The van der Waals surface area contributed by atoms with E-state index in [2.05, 4.69) is 10.6 Å². The molecular weight excluding hydrogens is 380 g/mol. The SMILES string of the molecule is COC(=O)C(Cc1ccccc1)NC(=O)CCC(=O)NC12CC3CC(CC(C3)C1)C2. The van der Waals surface area contributed by atoms with Crippen LogP contribution in [0.2, 0.25) is 0 Å². The smallest absolute Gasteiger partial charge is 0.328 e. The zero-order chi connectivity index (χ0) is 21.1. The first-order chi connectivity index (χ1) is 14.4. The van der Waals surface area contributed by atoms with Gasteiger partial charge >= 0.3 is 5.97 Å². The molecule has 1 unspecified atom stereocenters. The summed E-state index contributed by atoms with van der Waals surface area (Å²) in [4.78, 5) is 37.1. The van der Waals surface area contributed by atoms with E-state index in [-0.39, 0.29) is 30.2 Å². The lowest BCUT2D eigenvalue weighted by Crippen LogP contribution is -2.59. The number of carbonyl (C=O) groups is 3. The summed E-state index contributed by atoms with van der Waals surface area (Å²) >= 11 is 0. The molecule has 4 aliphatic carbocycles. The maximum atomic E-state index is 12.6. The summed E-state index contributed by atoms with van der Waals surface area (Å²) in [7, 11) is 1.31. The molecular formula is C24H32N2O4. The van der Waals surface area contributed by atoms with Gasteiger partial charge < -0.3 is 15.4 Å². The molecule has 4 bridgehead atoms.